The molecule has 1 aromatic carbocycles. The molecule has 7 heteroatoms. The van der Waals surface area contributed by atoms with Gasteiger partial charge in [-0.05, 0) is 29.5 Å². The molecule has 0 spiro atoms. The minimum atomic E-state index is -0.832. The Morgan fingerprint density at radius 1 is 1.23 bits per heavy atom. The van der Waals surface area contributed by atoms with Crippen molar-refractivity contribution in [3.63, 3.8) is 0 Å². The first-order valence-electron chi connectivity index (χ1n) is 10.2. The Labute approximate surface area is 184 Å². The van der Waals surface area contributed by atoms with E-state index in [0.717, 1.165) is 22.5 Å². The highest BCUT2D eigenvalue weighted by atomic mass is 16.7. The molecule has 2 rings (SSSR count). The zero-order valence-electron chi connectivity index (χ0n) is 19.7. The number of nitrogens with zero attached hydrogens (tertiary/aromatic N) is 3. The van der Waals surface area contributed by atoms with E-state index in [2.05, 4.69) is 43.0 Å². The summed E-state index contributed by atoms with van der Waals surface area (Å²) >= 11 is 0. The molecule has 0 fully saturated rings. The van der Waals surface area contributed by atoms with Crippen molar-refractivity contribution in [1.29, 1.82) is 0 Å². The average molecular weight is 428 g/mol. The monoisotopic (exact) mass is 427 g/mol. The second-order valence-electron chi connectivity index (χ2n) is 8.36. The van der Waals surface area contributed by atoms with Crippen LogP contribution < -0.4 is 0 Å². The van der Waals surface area contributed by atoms with Gasteiger partial charge >= 0.3 is 5.97 Å². The van der Waals surface area contributed by atoms with Gasteiger partial charge in [0.2, 0.25) is 6.29 Å². The molecule has 0 radical (unpaired) electrons. The van der Waals surface area contributed by atoms with Gasteiger partial charge in [-0.1, -0.05) is 45.0 Å². The van der Waals surface area contributed by atoms with Gasteiger partial charge in [-0.2, -0.15) is 5.10 Å². The number of aliphatic imine (C=N–C) groups is 1. The Morgan fingerprint density at radius 3 is 2.35 bits per heavy atom. The maximum absolute atomic E-state index is 11.9. The van der Waals surface area contributed by atoms with Crippen LogP contribution in [0.25, 0.3) is 11.3 Å². The van der Waals surface area contributed by atoms with Crippen molar-refractivity contribution < 1.29 is 19.0 Å². The topological polar surface area (TPSA) is 74.9 Å². The summed E-state index contributed by atoms with van der Waals surface area (Å²) in [6.07, 6.45) is 0.912. The predicted octanol–water partition coefficient (Wildman–Crippen LogP) is 4.15. The molecule has 0 N–H and O–H groups in total. The lowest BCUT2D eigenvalue weighted by Gasteiger charge is -2.21. The van der Waals surface area contributed by atoms with E-state index in [1.54, 1.807) is 24.9 Å². The summed E-state index contributed by atoms with van der Waals surface area (Å²) in [6.45, 7) is 9.96. The van der Waals surface area contributed by atoms with E-state index in [1.165, 1.54) is 12.7 Å². The SMILES string of the molecule is C/N=C/C(=C(/OC(C)OC(=O)COC)c1cc(C)nn1C)c1ccc(C(C)(C)C)cc1. The van der Waals surface area contributed by atoms with E-state index < -0.39 is 12.3 Å². The number of aromatic nitrogens is 2. The molecule has 1 aromatic heterocycles. The summed E-state index contributed by atoms with van der Waals surface area (Å²) in [5.74, 6) is 0.0192. The fraction of sp³-hybridized carbons (Fsp3) is 0.458. The largest absolute Gasteiger partial charge is 0.452 e. The van der Waals surface area contributed by atoms with Crippen LogP contribution in [0.2, 0.25) is 0 Å². The second kappa shape index (κ2) is 10.4. The second-order valence-corrected chi connectivity index (χ2v) is 8.36. The van der Waals surface area contributed by atoms with Gasteiger partial charge in [0.15, 0.2) is 5.76 Å². The normalized spacial score (nSPS) is 13.8. The number of carbonyl (C=O) groups is 1. The van der Waals surface area contributed by atoms with Gasteiger partial charge in [-0.3, -0.25) is 9.67 Å². The molecule has 0 bridgehead atoms. The third-order valence-electron chi connectivity index (χ3n) is 4.64. The summed E-state index contributed by atoms with van der Waals surface area (Å²) in [4.78, 5) is 16.1. The van der Waals surface area contributed by atoms with Gasteiger partial charge in [-0.25, -0.2) is 4.79 Å². The number of esters is 1. The van der Waals surface area contributed by atoms with Crippen LogP contribution in [-0.4, -0.2) is 49.0 Å². The molecular formula is C24H33N3O4. The predicted molar refractivity (Wildman–Crippen MR) is 123 cm³/mol. The van der Waals surface area contributed by atoms with Crippen molar-refractivity contribution in [2.24, 2.45) is 12.0 Å². The number of aryl methyl sites for hydroxylation is 2. The fourth-order valence-corrected chi connectivity index (χ4v) is 3.16. The van der Waals surface area contributed by atoms with Crippen molar-refractivity contribution in [2.45, 2.75) is 46.3 Å². The van der Waals surface area contributed by atoms with Crippen LogP contribution in [0, 0.1) is 6.92 Å². The molecule has 2 aromatic rings. The van der Waals surface area contributed by atoms with Crippen LogP contribution in [0.4, 0.5) is 0 Å². The van der Waals surface area contributed by atoms with Gasteiger partial charge in [-0.15, -0.1) is 0 Å². The van der Waals surface area contributed by atoms with E-state index in [9.17, 15) is 4.79 Å². The van der Waals surface area contributed by atoms with E-state index in [0.29, 0.717) is 5.76 Å². The van der Waals surface area contributed by atoms with Gasteiger partial charge in [0.05, 0.1) is 5.69 Å². The Kier molecular flexibility index (Phi) is 8.16. The smallest absolute Gasteiger partial charge is 0.335 e. The standard InChI is InChI=1S/C24H33N3O4/c1-16-13-21(27(7)26-16)23(31-17(2)30-22(28)15-29-8)20(14-25-6)18-9-11-19(12-10-18)24(3,4)5/h9-14,17H,15H2,1-8H3/b23-20-,25-14+. The Balaban J connectivity index is 2.57. The number of hydrogen-bond donors (Lipinski definition) is 0. The molecule has 1 atom stereocenters. The van der Waals surface area contributed by atoms with Crippen molar-refractivity contribution in [2.75, 3.05) is 20.8 Å². The molecule has 1 heterocycles. The van der Waals surface area contributed by atoms with Gasteiger partial charge in [0.25, 0.3) is 0 Å². The molecule has 0 saturated carbocycles. The Hall–Kier alpha value is -2.93. The molecule has 168 valence electrons. The lowest BCUT2D eigenvalue weighted by atomic mass is 9.86. The van der Waals surface area contributed by atoms with Crippen LogP contribution in [0.3, 0.4) is 0 Å². The number of ether oxygens (including phenoxy) is 3. The van der Waals surface area contributed by atoms with E-state index >= 15 is 0 Å². The number of methoxy groups -OCH3 is 1. The minimum absolute atomic E-state index is 0.0454. The highest BCUT2D eigenvalue weighted by molar-refractivity contribution is 6.18. The number of rotatable bonds is 8. The third kappa shape index (κ3) is 6.52. The summed E-state index contributed by atoms with van der Waals surface area (Å²) in [5.41, 5.74) is 4.57. The summed E-state index contributed by atoms with van der Waals surface area (Å²) in [5, 5.41) is 4.44. The molecule has 0 saturated heterocycles. The number of hydrogen-bond acceptors (Lipinski definition) is 6. The molecule has 7 nitrogen and oxygen atoms in total. The Bertz CT molecular complexity index is 950. The molecule has 0 aliphatic rings. The van der Waals surface area contributed by atoms with Crippen LogP contribution in [0.1, 0.15) is 50.2 Å². The fourth-order valence-electron chi connectivity index (χ4n) is 3.16. The van der Waals surface area contributed by atoms with E-state index in [4.69, 9.17) is 14.2 Å². The highest BCUT2D eigenvalue weighted by Crippen LogP contribution is 2.30. The third-order valence-corrected chi connectivity index (χ3v) is 4.64. The van der Waals surface area contributed by atoms with Gasteiger partial charge in [0.1, 0.15) is 12.3 Å². The zero-order valence-corrected chi connectivity index (χ0v) is 19.7. The van der Waals surface area contributed by atoms with Crippen LogP contribution in [-0.2, 0) is 31.5 Å². The number of benzene rings is 1. The lowest BCUT2D eigenvalue weighted by Crippen LogP contribution is -2.21. The van der Waals surface area contributed by atoms with Crippen LogP contribution in [0.5, 0.6) is 0 Å². The molecule has 1 unspecified atom stereocenters. The molecule has 0 aliphatic carbocycles. The van der Waals surface area contributed by atoms with Gasteiger partial charge < -0.3 is 14.2 Å². The first-order valence-corrected chi connectivity index (χ1v) is 10.2. The summed E-state index contributed by atoms with van der Waals surface area (Å²) in [7, 11) is 4.99. The minimum Gasteiger partial charge on any atom is -0.452 e. The quantitative estimate of drug-likeness (QED) is 0.274. The van der Waals surface area contributed by atoms with Gasteiger partial charge in [0, 0.05) is 39.9 Å². The molecule has 0 amide bonds. The molecule has 0 aliphatic heterocycles. The number of carbonyl (C=O) groups excluding carboxylic acids is 1. The zero-order chi connectivity index (χ0) is 23.2. The number of allylic oxidation sites excluding steroid dienone is 1. The van der Waals surface area contributed by atoms with Crippen molar-refractivity contribution in [1.82, 2.24) is 9.78 Å². The maximum atomic E-state index is 11.9. The summed E-state index contributed by atoms with van der Waals surface area (Å²) in [6, 6.07) is 10.2. The first-order chi connectivity index (χ1) is 14.6. The van der Waals surface area contributed by atoms with E-state index in [1.807, 2.05) is 32.2 Å². The average Bonchev–Trinajstić information content (AvgIpc) is 3.02. The maximum Gasteiger partial charge on any atom is 0.335 e. The van der Waals surface area contributed by atoms with Crippen LogP contribution in [0.15, 0.2) is 35.3 Å². The Morgan fingerprint density at radius 2 is 1.87 bits per heavy atom. The first kappa shape index (κ1) is 24.3. The van der Waals surface area contributed by atoms with Crippen molar-refractivity contribution >= 4 is 23.5 Å². The van der Waals surface area contributed by atoms with Crippen molar-refractivity contribution in [3.05, 3.63) is 52.8 Å². The molecular weight excluding hydrogens is 394 g/mol. The lowest BCUT2D eigenvalue weighted by molar-refractivity contribution is -0.168. The molecule has 31 heavy (non-hydrogen) atoms. The summed E-state index contributed by atoms with van der Waals surface area (Å²) < 4.78 is 18.0. The van der Waals surface area contributed by atoms with E-state index in [-0.39, 0.29) is 12.0 Å². The van der Waals surface area contributed by atoms with Crippen LogP contribution >= 0.6 is 0 Å². The highest BCUT2D eigenvalue weighted by Gasteiger charge is 2.21. The van der Waals surface area contributed by atoms with Crippen molar-refractivity contribution in [3.8, 4) is 0 Å².